The van der Waals surface area contributed by atoms with E-state index in [9.17, 15) is 83.0 Å². The van der Waals surface area contributed by atoms with Gasteiger partial charge in [-0.3, -0.25) is 27.6 Å². The van der Waals surface area contributed by atoms with Gasteiger partial charge in [-0.05, 0) is 53.9 Å². The van der Waals surface area contributed by atoms with Crippen LogP contribution in [0.5, 0.6) is 5.75 Å². The first-order valence-electron chi connectivity index (χ1n) is 16.6. The van der Waals surface area contributed by atoms with E-state index in [1.807, 2.05) is 0 Å². The molecule has 35 heteroatoms. The van der Waals surface area contributed by atoms with Crippen molar-refractivity contribution in [1.29, 1.82) is 0 Å². The number of phenols is 1. The molecule has 1 amide bonds. The Kier molecular flexibility index (Phi) is 13.7. The lowest BCUT2D eigenvalue weighted by atomic mass is 10.1. The molecule has 0 aliphatic carbocycles. The molecule has 5 rings (SSSR count). The van der Waals surface area contributed by atoms with Crippen molar-refractivity contribution in [3.63, 3.8) is 0 Å². The Morgan fingerprint density at radius 1 is 0.738 bits per heavy atom. The summed E-state index contributed by atoms with van der Waals surface area (Å²) in [6.45, 7) is -0.0525. The summed E-state index contributed by atoms with van der Waals surface area (Å²) in [5, 5.41) is 21.3. The fraction of sp³-hybridized carbons (Fsp3) is 0.133. The maximum Gasteiger partial charge on any atom is 0.397 e. The van der Waals surface area contributed by atoms with Gasteiger partial charge in [0.1, 0.15) is 26.1 Å². The van der Waals surface area contributed by atoms with E-state index in [4.69, 9.17) is 4.55 Å². The molecule has 0 aliphatic heterocycles. The third kappa shape index (κ3) is 12.0. The molecule has 1 heterocycles. The minimum atomic E-state index is -5.62. The second-order valence-electron chi connectivity index (χ2n) is 12.7. The van der Waals surface area contributed by atoms with E-state index in [1.165, 1.54) is 19.2 Å². The number of nitrogens with one attached hydrogen (secondary N) is 2. The second kappa shape index (κ2) is 17.8. The number of amides is 1. The molecule has 1 aromatic heterocycles. The van der Waals surface area contributed by atoms with Gasteiger partial charge >= 0.3 is 16.5 Å². The summed E-state index contributed by atoms with van der Waals surface area (Å²) in [5.41, 5.74) is -4.11. The number of phenolic OH excluding ortho intramolecular Hbond substituents is 1. The number of nitrogens with zero attached hydrogens (tertiary/aromatic N) is 6. The Bertz CT molecular complexity index is 3540. The van der Waals surface area contributed by atoms with Gasteiger partial charge in [-0.1, -0.05) is 6.07 Å². The number of carbonyl (C=O) groups excluding carboxylic acids is 1. The summed E-state index contributed by atoms with van der Waals surface area (Å²) in [4.78, 5) is 18.0. The standard InChI is InChI=1S/C30H27FN8O20S6/c1-14(40)32-21-11-18(61(44,45)46)8-15-9-24(64(53,54)55)26(27(41)25(15)21)38-37-20-12-19(22(62(47,48)49)13-23(20)63(50,51)52)33-29-34-28(31)35-30(36-29)39(2)16-4-3-5-17(10-16)60(42,43)7-6-59-65(56,57)58/h3-5,8-13,41H,6-7H2,1-2H3,(H,32,40)(H,44,45,46)(H,47,48,49)(H,50,51,52)(H,53,54,55)(H,56,57,58)(H,33,34,35,36). The van der Waals surface area contributed by atoms with Gasteiger partial charge in [0.2, 0.25) is 17.8 Å². The maximum absolute atomic E-state index is 14.9. The number of rotatable bonds is 16. The predicted octanol–water partition coefficient (Wildman–Crippen LogP) is 2.33. The summed E-state index contributed by atoms with van der Waals surface area (Å²) in [7, 11) is -29.9. The van der Waals surface area contributed by atoms with Gasteiger partial charge in [-0.25, -0.2) is 12.6 Å². The average molecular weight is 1030 g/mol. The first-order chi connectivity index (χ1) is 29.7. The largest absolute Gasteiger partial charge is 0.505 e. The Morgan fingerprint density at radius 3 is 1.94 bits per heavy atom. The SMILES string of the molecule is CC(=O)Nc1cc(S(=O)(=O)O)cc2cc(S(=O)(=O)O)c(N=Nc3cc(Nc4nc(F)nc(N(C)c5cccc(S(=O)(=O)CCOS(=O)(=O)O)c5)n4)c(S(=O)(=O)O)cc3S(=O)(=O)O)c(O)c12. The topological polar surface area (TPSA) is 443 Å². The normalized spacial score (nSPS) is 13.0. The lowest BCUT2D eigenvalue weighted by molar-refractivity contribution is -0.114. The van der Waals surface area contributed by atoms with Crippen LogP contribution in [-0.2, 0) is 69.7 Å². The van der Waals surface area contributed by atoms with Crippen molar-refractivity contribution >= 4 is 118 Å². The Labute approximate surface area is 365 Å². The van der Waals surface area contributed by atoms with Crippen LogP contribution < -0.4 is 15.5 Å². The highest BCUT2D eigenvalue weighted by Crippen LogP contribution is 2.46. The van der Waals surface area contributed by atoms with Crippen molar-refractivity contribution in [2.24, 2.45) is 10.2 Å². The molecule has 5 aromatic rings. The van der Waals surface area contributed by atoms with E-state index >= 15 is 0 Å². The van der Waals surface area contributed by atoms with Gasteiger partial charge in [-0.15, -0.1) is 10.2 Å². The lowest BCUT2D eigenvalue weighted by Gasteiger charge is -2.19. The first-order valence-corrected chi connectivity index (χ1v) is 25.4. The van der Waals surface area contributed by atoms with Gasteiger partial charge in [0.05, 0.1) is 33.5 Å². The molecule has 0 radical (unpaired) electrons. The van der Waals surface area contributed by atoms with Crippen LogP contribution in [0.4, 0.5) is 44.7 Å². The van der Waals surface area contributed by atoms with Crippen LogP contribution in [0, 0.1) is 6.08 Å². The minimum absolute atomic E-state index is 0.0780. The highest BCUT2D eigenvalue weighted by atomic mass is 32.3. The van der Waals surface area contributed by atoms with Crippen molar-refractivity contribution in [1.82, 2.24) is 15.0 Å². The van der Waals surface area contributed by atoms with Crippen molar-refractivity contribution in [2.45, 2.75) is 31.4 Å². The number of sulfone groups is 1. The Morgan fingerprint density at radius 2 is 1.37 bits per heavy atom. The van der Waals surface area contributed by atoms with Gasteiger partial charge in [0.15, 0.2) is 15.6 Å². The summed E-state index contributed by atoms with van der Waals surface area (Å²) in [6, 6.07) is 6.72. The van der Waals surface area contributed by atoms with Gasteiger partial charge < -0.3 is 20.6 Å². The molecule has 0 bridgehead atoms. The van der Waals surface area contributed by atoms with Crippen molar-refractivity contribution < 1.29 is 91.7 Å². The summed E-state index contributed by atoms with van der Waals surface area (Å²) < 4.78 is 214. The zero-order valence-corrected chi connectivity index (χ0v) is 36.9. The zero-order chi connectivity index (χ0) is 48.8. The van der Waals surface area contributed by atoms with Crippen LogP contribution in [-0.4, -0.2) is 119 Å². The quantitative estimate of drug-likeness (QED) is 0.0519. The smallest absolute Gasteiger partial charge is 0.397 e. The zero-order valence-electron chi connectivity index (χ0n) is 32.0. The molecule has 0 saturated carbocycles. The molecule has 0 atom stereocenters. The van der Waals surface area contributed by atoms with Crippen LogP contribution in [0.3, 0.4) is 0 Å². The van der Waals surface area contributed by atoms with E-state index in [0.29, 0.717) is 24.3 Å². The predicted molar refractivity (Wildman–Crippen MR) is 217 cm³/mol. The summed E-state index contributed by atoms with van der Waals surface area (Å²) in [5.74, 6) is -4.74. The van der Waals surface area contributed by atoms with Crippen LogP contribution in [0.1, 0.15) is 6.92 Å². The number of carbonyl (C=O) groups is 1. The molecule has 28 nitrogen and oxygen atoms in total. The van der Waals surface area contributed by atoms with Crippen LogP contribution in [0.2, 0.25) is 0 Å². The molecule has 0 fully saturated rings. The molecule has 350 valence electrons. The Hall–Kier alpha value is -5.99. The lowest BCUT2D eigenvalue weighted by Crippen LogP contribution is -2.18. The number of azo groups is 1. The number of anilines is 5. The fourth-order valence-corrected chi connectivity index (χ4v) is 9.56. The van der Waals surface area contributed by atoms with Crippen LogP contribution in [0.25, 0.3) is 10.8 Å². The summed E-state index contributed by atoms with van der Waals surface area (Å²) >= 11 is 0. The van der Waals surface area contributed by atoms with Gasteiger partial charge in [0.25, 0.3) is 40.5 Å². The number of fused-ring (bicyclic) bond motifs is 1. The van der Waals surface area contributed by atoms with E-state index in [0.717, 1.165) is 24.0 Å². The molecule has 4 aromatic carbocycles. The highest BCUT2D eigenvalue weighted by molar-refractivity contribution is 7.91. The fourth-order valence-electron chi connectivity index (χ4n) is 5.47. The first kappa shape index (κ1) is 50.0. The molecule has 0 unspecified atom stereocenters. The number of benzene rings is 4. The third-order valence-corrected chi connectivity index (χ3v) is 13.8. The molecular formula is C30H27FN8O20S6. The number of aromatic nitrogens is 3. The van der Waals surface area contributed by atoms with E-state index in [1.54, 1.807) is 0 Å². The minimum Gasteiger partial charge on any atom is -0.505 e. The van der Waals surface area contributed by atoms with Crippen molar-refractivity contribution in [3.05, 3.63) is 60.7 Å². The van der Waals surface area contributed by atoms with Crippen LogP contribution in [0.15, 0.2) is 89.3 Å². The highest BCUT2D eigenvalue weighted by Gasteiger charge is 2.29. The van der Waals surface area contributed by atoms with Gasteiger partial charge in [-0.2, -0.15) is 61.4 Å². The second-order valence-corrected chi connectivity index (χ2v) is 21.5. The van der Waals surface area contributed by atoms with Crippen LogP contribution >= 0.6 is 0 Å². The number of halogens is 1. The van der Waals surface area contributed by atoms with E-state index in [-0.39, 0.29) is 11.8 Å². The van der Waals surface area contributed by atoms with E-state index < -0.39 is 161 Å². The molecular weight excluding hydrogens is 1000 g/mol. The number of hydrogen-bond acceptors (Lipinski definition) is 22. The summed E-state index contributed by atoms with van der Waals surface area (Å²) in [6.07, 6.45) is -1.61. The number of hydrogen-bond donors (Lipinski definition) is 8. The third-order valence-electron chi connectivity index (χ3n) is 8.18. The monoisotopic (exact) mass is 1030 g/mol. The Balaban J connectivity index is 1.66. The molecule has 0 spiro atoms. The van der Waals surface area contributed by atoms with Crippen molar-refractivity contribution in [3.8, 4) is 5.75 Å². The van der Waals surface area contributed by atoms with E-state index in [2.05, 4.69) is 40.0 Å². The average Bonchev–Trinajstić information content (AvgIpc) is 3.14. The molecule has 65 heavy (non-hydrogen) atoms. The molecule has 8 N–H and O–H groups in total. The molecule has 0 aliphatic rings. The molecule has 0 saturated heterocycles. The van der Waals surface area contributed by atoms with Gasteiger partial charge in [0, 0.05) is 25.0 Å². The maximum atomic E-state index is 14.9. The number of aromatic hydroxyl groups is 1. The van der Waals surface area contributed by atoms with Crippen molar-refractivity contribution in [2.75, 3.05) is 34.9 Å².